The van der Waals surface area contributed by atoms with Gasteiger partial charge in [0.25, 0.3) is 0 Å². The van der Waals surface area contributed by atoms with Gasteiger partial charge in [0, 0.05) is 19.3 Å². The third kappa shape index (κ3) is 2.97. The highest BCUT2D eigenvalue weighted by molar-refractivity contribution is 5.43. The van der Waals surface area contributed by atoms with Gasteiger partial charge in [0.2, 0.25) is 0 Å². The number of aromatic nitrogens is 1. The average molecular weight is 218 g/mol. The Labute approximate surface area is 98.7 Å². The molecule has 2 heteroatoms. The normalized spacial score (nSPS) is 21.8. The molecule has 2 nitrogen and oxygen atoms in total. The summed E-state index contributed by atoms with van der Waals surface area (Å²) in [5.41, 5.74) is 1.29. The van der Waals surface area contributed by atoms with Crippen molar-refractivity contribution in [2.24, 2.45) is 5.92 Å². The van der Waals surface area contributed by atoms with Crippen molar-refractivity contribution in [2.45, 2.75) is 39.0 Å². The minimum absolute atomic E-state index is 0.951. The van der Waals surface area contributed by atoms with Gasteiger partial charge in [-0.15, -0.1) is 0 Å². The van der Waals surface area contributed by atoms with Crippen LogP contribution < -0.4 is 4.90 Å². The predicted octanol–water partition coefficient (Wildman–Crippen LogP) is 3.49. The zero-order chi connectivity index (χ0) is 11.2. The van der Waals surface area contributed by atoms with E-state index >= 15 is 0 Å². The molecule has 0 aromatic carbocycles. The Morgan fingerprint density at radius 2 is 2.31 bits per heavy atom. The first-order chi connectivity index (χ1) is 7.90. The van der Waals surface area contributed by atoms with Crippen molar-refractivity contribution in [1.29, 1.82) is 0 Å². The molecular formula is C14H22N2. The molecule has 1 aromatic heterocycles. The summed E-state index contributed by atoms with van der Waals surface area (Å²) in [6.07, 6.45) is 10.7. The second kappa shape index (κ2) is 5.88. The van der Waals surface area contributed by atoms with E-state index in [4.69, 9.17) is 0 Å². The van der Waals surface area contributed by atoms with Crippen molar-refractivity contribution in [3.8, 4) is 0 Å². The minimum atomic E-state index is 0.951. The van der Waals surface area contributed by atoms with E-state index in [0.29, 0.717) is 0 Å². The number of nitrogens with zero attached hydrogens (tertiary/aromatic N) is 2. The fourth-order valence-electron chi connectivity index (χ4n) is 2.66. The van der Waals surface area contributed by atoms with Crippen LogP contribution in [0.25, 0.3) is 0 Å². The van der Waals surface area contributed by atoms with Gasteiger partial charge in [0.05, 0.1) is 11.9 Å². The van der Waals surface area contributed by atoms with E-state index in [2.05, 4.69) is 22.9 Å². The lowest BCUT2D eigenvalue weighted by Gasteiger charge is -2.22. The molecule has 16 heavy (non-hydrogen) atoms. The summed E-state index contributed by atoms with van der Waals surface area (Å²) in [7, 11) is 0. The quantitative estimate of drug-likeness (QED) is 0.772. The third-order valence-electron chi connectivity index (χ3n) is 3.56. The molecule has 2 rings (SSSR count). The molecule has 1 saturated heterocycles. The number of anilines is 1. The Morgan fingerprint density at radius 3 is 3.06 bits per heavy atom. The van der Waals surface area contributed by atoms with Crippen LogP contribution in [0.2, 0.25) is 0 Å². The van der Waals surface area contributed by atoms with Crippen LogP contribution in [0.4, 0.5) is 5.69 Å². The van der Waals surface area contributed by atoms with Gasteiger partial charge in [-0.1, -0.05) is 19.8 Å². The Kier molecular flexibility index (Phi) is 4.20. The van der Waals surface area contributed by atoms with Crippen molar-refractivity contribution < 1.29 is 0 Å². The van der Waals surface area contributed by atoms with Gasteiger partial charge in [-0.2, -0.15) is 0 Å². The van der Waals surface area contributed by atoms with Crippen LogP contribution in [0.3, 0.4) is 0 Å². The molecular weight excluding hydrogens is 196 g/mol. The van der Waals surface area contributed by atoms with E-state index in [-0.39, 0.29) is 0 Å². The first-order valence-corrected chi connectivity index (χ1v) is 6.55. The van der Waals surface area contributed by atoms with E-state index in [1.54, 1.807) is 0 Å². The van der Waals surface area contributed by atoms with E-state index in [1.807, 2.05) is 18.5 Å². The Hall–Kier alpha value is -1.05. The van der Waals surface area contributed by atoms with Crippen molar-refractivity contribution in [1.82, 2.24) is 4.98 Å². The second-order valence-electron chi connectivity index (χ2n) is 4.78. The van der Waals surface area contributed by atoms with Crippen LogP contribution in [0.1, 0.15) is 39.0 Å². The average Bonchev–Trinajstić information content (AvgIpc) is 2.57. The Bertz CT molecular complexity index is 297. The maximum Gasteiger partial charge on any atom is 0.0552 e. The van der Waals surface area contributed by atoms with Crippen molar-refractivity contribution >= 4 is 5.69 Å². The lowest BCUT2D eigenvalue weighted by atomic mass is 9.96. The molecule has 0 spiro atoms. The van der Waals surface area contributed by atoms with Crippen LogP contribution in [0.5, 0.6) is 0 Å². The summed E-state index contributed by atoms with van der Waals surface area (Å²) in [6, 6.07) is 4.21. The molecule has 88 valence electrons. The fourth-order valence-corrected chi connectivity index (χ4v) is 2.66. The molecule has 0 N–H and O–H groups in total. The van der Waals surface area contributed by atoms with E-state index < -0.39 is 0 Å². The van der Waals surface area contributed by atoms with Crippen LogP contribution in [0, 0.1) is 5.92 Å². The molecule has 0 amide bonds. The van der Waals surface area contributed by atoms with Gasteiger partial charge in [0.15, 0.2) is 0 Å². The predicted molar refractivity (Wildman–Crippen MR) is 68.7 cm³/mol. The first kappa shape index (κ1) is 11.4. The Balaban J connectivity index is 1.94. The summed E-state index contributed by atoms with van der Waals surface area (Å²) in [6.45, 7) is 4.70. The van der Waals surface area contributed by atoms with Gasteiger partial charge in [-0.3, -0.25) is 4.98 Å². The molecule has 1 fully saturated rings. The highest BCUT2D eigenvalue weighted by Crippen LogP contribution is 2.24. The van der Waals surface area contributed by atoms with Crippen LogP contribution in [-0.2, 0) is 0 Å². The topological polar surface area (TPSA) is 16.1 Å². The largest absolute Gasteiger partial charge is 0.370 e. The standard InChI is InChI=1S/C14H22N2/c1-2-5-13-6-4-10-16(11-8-13)14-7-3-9-15-12-14/h3,7,9,12-13H,2,4-6,8,10-11H2,1H3. The summed E-state index contributed by atoms with van der Waals surface area (Å²) in [5.74, 6) is 0.951. The summed E-state index contributed by atoms with van der Waals surface area (Å²) in [5, 5.41) is 0. The number of hydrogen-bond donors (Lipinski definition) is 0. The first-order valence-electron chi connectivity index (χ1n) is 6.55. The molecule has 1 aliphatic heterocycles. The monoisotopic (exact) mass is 218 g/mol. The smallest absolute Gasteiger partial charge is 0.0552 e. The van der Waals surface area contributed by atoms with Crippen molar-refractivity contribution in [3.05, 3.63) is 24.5 Å². The number of rotatable bonds is 3. The van der Waals surface area contributed by atoms with Crippen molar-refractivity contribution in [2.75, 3.05) is 18.0 Å². The molecule has 0 bridgehead atoms. The molecule has 0 aliphatic carbocycles. The Morgan fingerprint density at radius 1 is 1.38 bits per heavy atom. The molecule has 1 aromatic rings. The molecule has 1 aliphatic rings. The summed E-state index contributed by atoms with van der Waals surface area (Å²) in [4.78, 5) is 6.69. The highest BCUT2D eigenvalue weighted by atomic mass is 15.1. The maximum atomic E-state index is 4.20. The summed E-state index contributed by atoms with van der Waals surface area (Å²) < 4.78 is 0. The van der Waals surface area contributed by atoms with E-state index in [1.165, 1.54) is 50.9 Å². The van der Waals surface area contributed by atoms with Crippen molar-refractivity contribution in [3.63, 3.8) is 0 Å². The maximum absolute atomic E-state index is 4.20. The van der Waals surface area contributed by atoms with Gasteiger partial charge in [-0.25, -0.2) is 0 Å². The SMILES string of the molecule is CCCC1CCCN(c2cccnc2)CC1. The molecule has 2 heterocycles. The minimum Gasteiger partial charge on any atom is -0.370 e. The van der Waals surface area contributed by atoms with Gasteiger partial charge in [0.1, 0.15) is 0 Å². The highest BCUT2D eigenvalue weighted by Gasteiger charge is 2.16. The molecule has 1 atom stereocenters. The fraction of sp³-hybridized carbons (Fsp3) is 0.643. The van der Waals surface area contributed by atoms with E-state index in [9.17, 15) is 0 Å². The molecule has 1 unspecified atom stereocenters. The third-order valence-corrected chi connectivity index (χ3v) is 3.56. The molecule has 0 saturated carbocycles. The zero-order valence-electron chi connectivity index (χ0n) is 10.2. The number of hydrogen-bond acceptors (Lipinski definition) is 2. The van der Waals surface area contributed by atoms with E-state index in [0.717, 1.165) is 5.92 Å². The van der Waals surface area contributed by atoms with Crippen LogP contribution in [0.15, 0.2) is 24.5 Å². The zero-order valence-corrected chi connectivity index (χ0v) is 10.2. The molecule has 0 radical (unpaired) electrons. The van der Waals surface area contributed by atoms with Gasteiger partial charge < -0.3 is 4.90 Å². The lowest BCUT2D eigenvalue weighted by molar-refractivity contribution is 0.435. The number of pyridine rings is 1. The van der Waals surface area contributed by atoms with Crippen LogP contribution in [-0.4, -0.2) is 18.1 Å². The van der Waals surface area contributed by atoms with Gasteiger partial charge in [-0.05, 0) is 37.3 Å². The summed E-state index contributed by atoms with van der Waals surface area (Å²) >= 11 is 0. The second-order valence-corrected chi connectivity index (χ2v) is 4.78. The lowest BCUT2D eigenvalue weighted by Crippen LogP contribution is -2.24. The van der Waals surface area contributed by atoms with Crippen LogP contribution >= 0.6 is 0 Å². The van der Waals surface area contributed by atoms with Gasteiger partial charge >= 0.3 is 0 Å².